The van der Waals surface area contributed by atoms with E-state index in [0.717, 1.165) is 0 Å². The molecule has 0 amide bonds. The maximum Gasteiger partial charge on any atom is 0.390 e. The van der Waals surface area contributed by atoms with Crippen molar-refractivity contribution < 1.29 is 14.3 Å². The number of Topliss-reactive ketones (excluding diaryl/α,β-unsaturated/α-hetero) is 1. The predicted molar refractivity (Wildman–Crippen MR) is 42.3 cm³/mol. The van der Waals surface area contributed by atoms with Crippen LogP contribution in [0.2, 0.25) is 0 Å². The Bertz CT molecular complexity index is 217. The maximum absolute atomic E-state index is 10.9. The Morgan fingerprint density at radius 3 is 2.50 bits per heavy atom. The monoisotopic (exact) mass is 169 g/mol. The molecule has 0 rings (SSSR count). The molecule has 0 fully saturated rings. The lowest BCUT2D eigenvalue weighted by molar-refractivity contribution is -0.144. The van der Waals surface area contributed by atoms with Crippen LogP contribution in [-0.2, 0) is 14.3 Å². The largest absolute Gasteiger partial charge is 0.460 e. The first-order valence-electron chi connectivity index (χ1n) is 3.64. The van der Waals surface area contributed by atoms with E-state index in [0.29, 0.717) is 0 Å². The molecule has 4 heteroatoms. The molecule has 0 aliphatic rings. The zero-order valence-electron chi connectivity index (χ0n) is 7.16. The molecule has 1 unspecified atom stereocenters. The van der Waals surface area contributed by atoms with Crippen LogP contribution in [0.3, 0.4) is 0 Å². The molecule has 66 valence electrons. The smallest absolute Gasteiger partial charge is 0.390 e. The first kappa shape index (κ1) is 10.6. The minimum absolute atomic E-state index is 0.0532. The first-order chi connectivity index (χ1) is 5.61. The van der Waals surface area contributed by atoms with Gasteiger partial charge in [0.25, 0.3) is 0 Å². The minimum atomic E-state index is -0.956. The van der Waals surface area contributed by atoms with Crippen LogP contribution in [0.1, 0.15) is 20.3 Å². The normalized spacial score (nSPS) is 11.4. The number of hydrogen-bond acceptors (Lipinski definition) is 3. The molecular weight excluding hydrogens is 158 g/mol. The summed E-state index contributed by atoms with van der Waals surface area (Å²) in [6.45, 7) is 9.88. The highest BCUT2D eigenvalue weighted by Crippen LogP contribution is 2.01. The molecule has 0 bridgehead atoms. The lowest BCUT2D eigenvalue weighted by Gasteiger charge is -2.01. The Hall–Kier alpha value is -1.37. The third-order valence-corrected chi connectivity index (χ3v) is 1.20. The summed E-state index contributed by atoms with van der Waals surface area (Å²) in [7, 11) is 0. The third-order valence-electron chi connectivity index (χ3n) is 1.20. The molecule has 0 saturated carbocycles. The van der Waals surface area contributed by atoms with E-state index in [1.54, 1.807) is 6.92 Å². The number of nitrogens with zero attached hydrogens (tertiary/aromatic N) is 1. The summed E-state index contributed by atoms with van der Waals surface area (Å²) in [6, 6.07) is -0.956. The maximum atomic E-state index is 10.9. The molecule has 0 aliphatic heterocycles. The molecule has 0 saturated heterocycles. The topological polar surface area (TPSA) is 47.7 Å². The molecule has 0 spiro atoms. The highest BCUT2D eigenvalue weighted by atomic mass is 16.5. The van der Waals surface area contributed by atoms with E-state index >= 15 is 0 Å². The van der Waals surface area contributed by atoms with Crippen molar-refractivity contribution in [3.63, 3.8) is 0 Å². The van der Waals surface area contributed by atoms with Gasteiger partial charge in [0.2, 0.25) is 0 Å². The van der Waals surface area contributed by atoms with Crippen molar-refractivity contribution >= 4 is 11.8 Å². The number of carbonyl (C=O) groups is 2. The molecule has 0 radical (unpaired) electrons. The van der Waals surface area contributed by atoms with Crippen LogP contribution in [0.15, 0.2) is 0 Å². The van der Waals surface area contributed by atoms with Gasteiger partial charge in [0.1, 0.15) is 5.78 Å². The van der Waals surface area contributed by atoms with E-state index in [1.165, 1.54) is 6.92 Å². The van der Waals surface area contributed by atoms with Crippen LogP contribution in [0.4, 0.5) is 0 Å². The van der Waals surface area contributed by atoms with E-state index < -0.39 is 12.0 Å². The van der Waals surface area contributed by atoms with Crippen molar-refractivity contribution in [2.24, 2.45) is 0 Å². The molecule has 12 heavy (non-hydrogen) atoms. The SMILES string of the molecule is [C-]#[N+]C(CC(C)=O)C(=O)OCC. The minimum Gasteiger partial charge on any atom is -0.460 e. The van der Waals surface area contributed by atoms with E-state index in [1.807, 2.05) is 0 Å². The highest BCUT2D eigenvalue weighted by Gasteiger charge is 2.26. The quantitative estimate of drug-likeness (QED) is 0.462. The number of ether oxygens (including phenoxy) is 1. The summed E-state index contributed by atoms with van der Waals surface area (Å²) < 4.78 is 4.59. The van der Waals surface area contributed by atoms with Gasteiger partial charge in [-0.1, -0.05) is 0 Å². The number of esters is 1. The Labute approximate surface area is 71.3 Å². The average molecular weight is 169 g/mol. The lowest BCUT2D eigenvalue weighted by Crippen LogP contribution is -2.22. The average Bonchev–Trinajstić information content (AvgIpc) is 2.00. The van der Waals surface area contributed by atoms with Crippen molar-refractivity contribution in [2.45, 2.75) is 26.3 Å². The zero-order chi connectivity index (χ0) is 9.56. The van der Waals surface area contributed by atoms with Crippen LogP contribution in [0.5, 0.6) is 0 Å². The molecular formula is C8H11NO3. The van der Waals surface area contributed by atoms with E-state index in [2.05, 4.69) is 9.58 Å². The van der Waals surface area contributed by atoms with Gasteiger partial charge < -0.3 is 9.58 Å². The fourth-order valence-corrected chi connectivity index (χ4v) is 0.692. The summed E-state index contributed by atoms with van der Waals surface area (Å²) >= 11 is 0. The fourth-order valence-electron chi connectivity index (χ4n) is 0.692. The van der Waals surface area contributed by atoms with Gasteiger partial charge in [0, 0.05) is 0 Å². The van der Waals surface area contributed by atoms with Crippen molar-refractivity contribution in [2.75, 3.05) is 6.61 Å². The summed E-state index contributed by atoms with van der Waals surface area (Å²) in [6.07, 6.45) is -0.0532. The summed E-state index contributed by atoms with van der Waals surface area (Å²) in [5.74, 6) is -0.785. The van der Waals surface area contributed by atoms with Crippen LogP contribution in [-0.4, -0.2) is 24.4 Å². The summed E-state index contributed by atoms with van der Waals surface area (Å²) in [5.41, 5.74) is 0. The second-order valence-corrected chi connectivity index (χ2v) is 2.30. The second kappa shape index (κ2) is 5.30. The van der Waals surface area contributed by atoms with Gasteiger partial charge in [-0.3, -0.25) is 4.79 Å². The van der Waals surface area contributed by atoms with Gasteiger partial charge in [-0.25, -0.2) is 11.4 Å². The highest BCUT2D eigenvalue weighted by molar-refractivity contribution is 5.86. The van der Waals surface area contributed by atoms with Crippen LogP contribution in [0.25, 0.3) is 4.85 Å². The Morgan fingerprint density at radius 2 is 2.17 bits per heavy atom. The van der Waals surface area contributed by atoms with Gasteiger partial charge in [0.15, 0.2) is 0 Å². The molecule has 1 atom stereocenters. The molecule has 0 aliphatic carbocycles. The summed E-state index contributed by atoms with van der Waals surface area (Å²) in [5, 5.41) is 0. The molecule has 0 aromatic heterocycles. The zero-order valence-corrected chi connectivity index (χ0v) is 7.16. The Kier molecular flexibility index (Phi) is 4.70. The molecule has 0 N–H and O–H groups in total. The van der Waals surface area contributed by atoms with Crippen LogP contribution >= 0.6 is 0 Å². The van der Waals surface area contributed by atoms with E-state index in [9.17, 15) is 9.59 Å². The van der Waals surface area contributed by atoms with Crippen molar-refractivity contribution in [3.05, 3.63) is 11.4 Å². The van der Waals surface area contributed by atoms with E-state index in [-0.39, 0.29) is 18.8 Å². The number of hydrogen-bond donors (Lipinski definition) is 0. The van der Waals surface area contributed by atoms with Crippen LogP contribution in [0, 0.1) is 6.57 Å². The molecule has 4 nitrogen and oxygen atoms in total. The fraction of sp³-hybridized carbons (Fsp3) is 0.625. The number of ketones is 1. The summed E-state index contributed by atoms with van der Waals surface area (Å²) in [4.78, 5) is 24.5. The Morgan fingerprint density at radius 1 is 1.58 bits per heavy atom. The van der Waals surface area contributed by atoms with Crippen molar-refractivity contribution in [1.29, 1.82) is 0 Å². The van der Waals surface area contributed by atoms with Gasteiger partial charge in [-0.15, -0.1) is 0 Å². The molecule has 0 aromatic rings. The lowest BCUT2D eigenvalue weighted by atomic mass is 10.2. The molecule has 0 heterocycles. The first-order valence-corrected chi connectivity index (χ1v) is 3.64. The predicted octanol–water partition coefficient (Wildman–Crippen LogP) is 0.816. The number of carbonyl (C=O) groups excluding carboxylic acids is 2. The van der Waals surface area contributed by atoms with Crippen molar-refractivity contribution in [3.8, 4) is 0 Å². The van der Waals surface area contributed by atoms with Gasteiger partial charge in [-0.2, -0.15) is 0 Å². The molecule has 0 aromatic carbocycles. The van der Waals surface area contributed by atoms with Gasteiger partial charge >= 0.3 is 12.0 Å². The van der Waals surface area contributed by atoms with E-state index in [4.69, 9.17) is 6.57 Å². The number of rotatable bonds is 4. The third kappa shape index (κ3) is 3.71. The van der Waals surface area contributed by atoms with Gasteiger partial charge in [0.05, 0.1) is 13.0 Å². The van der Waals surface area contributed by atoms with Crippen molar-refractivity contribution in [1.82, 2.24) is 0 Å². The Balaban J connectivity index is 4.08. The second-order valence-electron chi connectivity index (χ2n) is 2.30. The van der Waals surface area contributed by atoms with Gasteiger partial charge in [-0.05, 0) is 13.8 Å². The van der Waals surface area contributed by atoms with Crippen LogP contribution < -0.4 is 0 Å². The standard InChI is InChI=1S/C8H11NO3/c1-4-12-8(11)7(9-3)5-6(2)10/h7H,4-5H2,1-2H3.